The van der Waals surface area contributed by atoms with Crippen LogP contribution in [-0.4, -0.2) is 58.9 Å². The van der Waals surface area contributed by atoms with Crippen LogP contribution in [0, 0.1) is 0 Å². The first-order valence-electron chi connectivity index (χ1n) is 11.2. The second kappa shape index (κ2) is 9.79. The number of likely N-dealkylation sites (N-methyl/N-ethyl adjacent to an activating group) is 1. The van der Waals surface area contributed by atoms with Gasteiger partial charge in [0.2, 0.25) is 5.91 Å². The Kier molecular flexibility index (Phi) is 6.44. The van der Waals surface area contributed by atoms with Crippen LogP contribution in [-0.2, 0) is 17.8 Å². The van der Waals surface area contributed by atoms with Gasteiger partial charge >= 0.3 is 0 Å². The summed E-state index contributed by atoms with van der Waals surface area (Å²) in [5.41, 5.74) is 4.71. The van der Waals surface area contributed by atoms with E-state index in [2.05, 4.69) is 51.4 Å². The predicted octanol–water partition coefficient (Wildman–Crippen LogP) is 4.29. The van der Waals surface area contributed by atoms with Gasteiger partial charge in [0.1, 0.15) is 5.01 Å². The van der Waals surface area contributed by atoms with Crippen LogP contribution in [0.1, 0.15) is 11.3 Å². The van der Waals surface area contributed by atoms with Crippen LogP contribution in [0.5, 0.6) is 0 Å². The fourth-order valence-electron chi connectivity index (χ4n) is 4.10. The van der Waals surface area contributed by atoms with E-state index in [0.717, 1.165) is 65.6 Å². The number of nitrogens with one attached hydrogen (secondary N) is 1. The SMILES string of the molecule is CN1CCN(Cc2ccc(-c3nc(CC(=O)Nc4cccc5cccnc45)cs3)cc2)CC1. The molecule has 0 atom stereocenters. The first-order valence-corrected chi connectivity index (χ1v) is 12.1. The van der Waals surface area contributed by atoms with Crippen LogP contribution in [0.15, 0.2) is 66.2 Å². The van der Waals surface area contributed by atoms with E-state index in [1.165, 1.54) is 5.56 Å². The molecule has 1 saturated heterocycles. The van der Waals surface area contributed by atoms with Crippen molar-refractivity contribution in [1.82, 2.24) is 19.8 Å². The van der Waals surface area contributed by atoms with Gasteiger partial charge in [-0.2, -0.15) is 0 Å². The minimum absolute atomic E-state index is 0.0903. The Morgan fingerprint density at radius 3 is 2.64 bits per heavy atom. The van der Waals surface area contributed by atoms with Gasteiger partial charge in [-0.15, -0.1) is 11.3 Å². The van der Waals surface area contributed by atoms with Gasteiger partial charge in [-0.05, 0) is 24.7 Å². The quantitative estimate of drug-likeness (QED) is 0.468. The first kappa shape index (κ1) is 21.7. The number of carbonyl (C=O) groups excluding carboxylic acids is 1. The molecular formula is C26H27N5OS. The minimum Gasteiger partial charge on any atom is -0.324 e. The van der Waals surface area contributed by atoms with E-state index in [9.17, 15) is 4.79 Å². The van der Waals surface area contributed by atoms with Crippen LogP contribution in [0.2, 0.25) is 0 Å². The van der Waals surface area contributed by atoms with E-state index in [1.54, 1.807) is 17.5 Å². The Morgan fingerprint density at radius 1 is 1.03 bits per heavy atom. The molecule has 3 heterocycles. The summed E-state index contributed by atoms with van der Waals surface area (Å²) in [7, 11) is 2.18. The molecule has 7 heteroatoms. The Hall–Kier alpha value is -3.13. The number of rotatable bonds is 6. The number of carbonyl (C=O) groups is 1. The molecule has 33 heavy (non-hydrogen) atoms. The number of benzene rings is 2. The molecule has 1 N–H and O–H groups in total. The van der Waals surface area contributed by atoms with Gasteiger partial charge in [0, 0.05) is 55.3 Å². The lowest BCUT2D eigenvalue weighted by Gasteiger charge is -2.32. The van der Waals surface area contributed by atoms with E-state index in [0.29, 0.717) is 0 Å². The zero-order valence-corrected chi connectivity index (χ0v) is 19.5. The van der Waals surface area contributed by atoms with Crippen molar-refractivity contribution < 1.29 is 4.79 Å². The molecule has 0 saturated carbocycles. The average molecular weight is 458 g/mol. The lowest BCUT2D eigenvalue weighted by atomic mass is 10.1. The number of thiazole rings is 1. The molecule has 1 amide bonds. The summed E-state index contributed by atoms with van der Waals surface area (Å²) in [4.78, 5) is 26.6. The highest BCUT2D eigenvalue weighted by molar-refractivity contribution is 7.13. The standard InChI is InChI=1S/C26H27N5OS/c1-30-12-14-31(15-13-30)17-19-7-9-21(10-8-19)26-28-22(18-33-26)16-24(32)29-23-6-2-4-20-5-3-11-27-25(20)23/h2-11,18H,12-17H2,1H3,(H,29,32). The van der Waals surface area contributed by atoms with Crippen LogP contribution < -0.4 is 5.32 Å². The fourth-order valence-corrected chi connectivity index (χ4v) is 4.93. The van der Waals surface area contributed by atoms with E-state index in [4.69, 9.17) is 4.98 Å². The summed E-state index contributed by atoms with van der Waals surface area (Å²) < 4.78 is 0. The fraction of sp³-hybridized carbons (Fsp3) is 0.269. The highest BCUT2D eigenvalue weighted by atomic mass is 32.1. The zero-order valence-electron chi connectivity index (χ0n) is 18.7. The van der Waals surface area contributed by atoms with Crippen LogP contribution in [0.3, 0.4) is 0 Å². The number of piperazine rings is 1. The Labute approximate surface area is 197 Å². The van der Waals surface area contributed by atoms with E-state index < -0.39 is 0 Å². The molecule has 0 unspecified atom stereocenters. The summed E-state index contributed by atoms with van der Waals surface area (Å²) in [6, 6.07) is 18.3. The van der Waals surface area contributed by atoms with Crippen molar-refractivity contribution >= 4 is 33.8 Å². The molecule has 5 rings (SSSR count). The number of nitrogens with zero attached hydrogens (tertiary/aromatic N) is 4. The molecule has 0 radical (unpaired) electrons. The van der Waals surface area contributed by atoms with Gasteiger partial charge in [0.15, 0.2) is 0 Å². The summed E-state index contributed by atoms with van der Waals surface area (Å²) >= 11 is 1.58. The molecule has 0 spiro atoms. The number of anilines is 1. The Morgan fingerprint density at radius 2 is 1.82 bits per heavy atom. The third kappa shape index (κ3) is 5.27. The minimum atomic E-state index is -0.0903. The average Bonchev–Trinajstić information content (AvgIpc) is 3.29. The molecule has 4 aromatic rings. The molecule has 0 bridgehead atoms. The molecule has 1 aliphatic heterocycles. The Balaban J connectivity index is 1.20. The number of para-hydroxylation sites is 1. The Bertz CT molecular complexity index is 1240. The molecule has 1 fully saturated rings. The van der Waals surface area contributed by atoms with E-state index >= 15 is 0 Å². The number of fused-ring (bicyclic) bond motifs is 1. The monoisotopic (exact) mass is 457 g/mol. The van der Waals surface area contributed by atoms with Crippen molar-refractivity contribution in [2.75, 3.05) is 38.5 Å². The summed E-state index contributed by atoms with van der Waals surface area (Å²) in [6.07, 6.45) is 1.97. The summed E-state index contributed by atoms with van der Waals surface area (Å²) in [5, 5.41) is 6.90. The number of pyridine rings is 1. The highest BCUT2D eigenvalue weighted by Crippen LogP contribution is 2.25. The van der Waals surface area contributed by atoms with Crippen LogP contribution in [0.4, 0.5) is 5.69 Å². The van der Waals surface area contributed by atoms with Crippen molar-refractivity contribution in [1.29, 1.82) is 0 Å². The second-order valence-corrected chi connectivity index (χ2v) is 9.38. The van der Waals surface area contributed by atoms with Gasteiger partial charge in [-0.1, -0.05) is 42.5 Å². The molecule has 168 valence electrons. The van der Waals surface area contributed by atoms with Gasteiger partial charge in [0.05, 0.1) is 23.3 Å². The van der Waals surface area contributed by atoms with Gasteiger partial charge in [0.25, 0.3) is 0 Å². The molecule has 2 aromatic heterocycles. The lowest BCUT2D eigenvalue weighted by molar-refractivity contribution is -0.115. The van der Waals surface area contributed by atoms with Crippen LogP contribution >= 0.6 is 11.3 Å². The number of aromatic nitrogens is 2. The summed E-state index contributed by atoms with van der Waals surface area (Å²) in [6.45, 7) is 5.48. The van der Waals surface area contributed by atoms with Crippen LogP contribution in [0.25, 0.3) is 21.5 Å². The first-order chi connectivity index (χ1) is 16.1. The maximum Gasteiger partial charge on any atom is 0.230 e. The summed E-state index contributed by atoms with van der Waals surface area (Å²) in [5.74, 6) is -0.0903. The molecular weight excluding hydrogens is 430 g/mol. The lowest BCUT2D eigenvalue weighted by Crippen LogP contribution is -2.43. The van der Waals surface area contributed by atoms with Gasteiger partial charge in [-0.3, -0.25) is 14.7 Å². The number of hydrogen-bond donors (Lipinski definition) is 1. The highest BCUT2D eigenvalue weighted by Gasteiger charge is 2.14. The van der Waals surface area contributed by atoms with Gasteiger partial charge in [-0.25, -0.2) is 4.98 Å². The second-order valence-electron chi connectivity index (χ2n) is 8.53. The number of amides is 1. The topological polar surface area (TPSA) is 61.4 Å². The van der Waals surface area contributed by atoms with Crippen molar-refractivity contribution in [2.45, 2.75) is 13.0 Å². The van der Waals surface area contributed by atoms with Crippen molar-refractivity contribution in [2.24, 2.45) is 0 Å². The van der Waals surface area contributed by atoms with Gasteiger partial charge < -0.3 is 10.2 Å². The predicted molar refractivity (Wildman–Crippen MR) is 134 cm³/mol. The van der Waals surface area contributed by atoms with E-state index in [-0.39, 0.29) is 12.3 Å². The third-order valence-corrected chi connectivity index (χ3v) is 6.94. The number of hydrogen-bond acceptors (Lipinski definition) is 6. The maximum atomic E-state index is 12.6. The van der Waals surface area contributed by atoms with Crippen molar-refractivity contribution in [3.05, 3.63) is 77.4 Å². The van der Waals surface area contributed by atoms with Crippen molar-refractivity contribution in [3.8, 4) is 10.6 Å². The largest absolute Gasteiger partial charge is 0.324 e. The third-order valence-electron chi connectivity index (χ3n) is 6.00. The zero-order chi connectivity index (χ0) is 22.6. The molecule has 1 aliphatic rings. The molecule has 0 aliphatic carbocycles. The van der Waals surface area contributed by atoms with E-state index in [1.807, 2.05) is 35.7 Å². The normalized spacial score (nSPS) is 15.1. The smallest absolute Gasteiger partial charge is 0.230 e. The molecule has 6 nitrogen and oxygen atoms in total. The van der Waals surface area contributed by atoms with Crippen molar-refractivity contribution in [3.63, 3.8) is 0 Å². The maximum absolute atomic E-state index is 12.6. The molecule has 2 aromatic carbocycles.